The molecule has 0 aromatic carbocycles. The summed E-state index contributed by atoms with van der Waals surface area (Å²) in [5.74, 6) is 0. The zero-order chi connectivity index (χ0) is 11.4. The zero-order valence-electron chi connectivity index (χ0n) is 10.6. The van der Waals surface area contributed by atoms with E-state index < -0.39 is 0 Å². The Hall–Kier alpha value is -0.530. The SMILES string of the molecule is C=NOC.CC.CC.CC.CC. The highest BCUT2D eigenvalue weighted by Crippen LogP contribution is 1.49. The van der Waals surface area contributed by atoms with Crippen LogP contribution in [-0.2, 0) is 4.84 Å². The van der Waals surface area contributed by atoms with Gasteiger partial charge in [-0.1, -0.05) is 55.4 Å². The molecule has 0 aliphatic heterocycles. The first kappa shape index (κ1) is 30.0. The Morgan fingerprint density at radius 2 is 0.833 bits per heavy atom. The van der Waals surface area contributed by atoms with Gasteiger partial charge in [0.1, 0.15) is 7.11 Å². The van der Waals surface area contributed by atoms with E-state index >= 15 is 0 Å². The Bertz CT molecular complexity index is 23.8. The van der Waals surface area contributed by atoms with Gasteiger partial charge in [-0.05, 0) is 0 Å². The molecule has 0 radical (unpaired) electrons. The van der Waals surface area contributed by atoms with Crippen LogP contribution < -0.4 is 0 Å². The van der Waals surface area contributed by atoms with Crippen LogP contribution in [-0.4, -0.2) is 13.8 Å². The highest BCUT2D eigenvalue weighted by molar-refractivity contribution is 5.21. The van der Waals surface area contributed by atoms with Crippen LogP contribution in [0, 0.1) is 0 Å². The maximum atomic E-state index is 4.06. The van der Waals surface area contributed by atoms with Crippen molar-refractivity contribution >= 4 is 6.72 Å². The monoisotopic (exact) mass is 179 g/mol. The van der Waals surface area contributed by atoms with E-state index in [9.17, 15) is 0 Å². The second-order valence-electron chi connectivity index (χ2n) is 0.312. The molecule has 12 heavy (non-hydrogen) atoms. The van der Waals surface area contributed by atoms with Crippen molar-refractivity contribution in [1.82, 2.24) is 0 Å². The molecule has 0 spiro atoms. The molecule has 0 aliphatic carbocycles. The van der Waals surface area contributed by atoms with E-state index in [0.717, 1.165) is 0 Å². The van der Waals surface area contributed by atoms with Crippen LogP contribution in [0.4, 0.5) is 0 Å². The Morgan fingerprint density at radius 1 is 0.750 bits per heavy atom. The molecule has 2 heteroatoms. The average molecular weight is 179 g/mol. The quantitative estimate of drug-likeness (QED) is 0.433. The number of hydrogen-bond acceptors (Lipinski definition) is 2. The maximum absolute atomic E-state index is 4.06. The molecule has 0 bridgehead atoms. The molecule has 2 nitrogen and oxygen atoms in total. The number of oxime groups is 1. The standard InChI is InChI=1S/C2H5NO.4C2H6/c1-3-4-2;4*1-2/h1H2,2H3;4*1-2H3. The van der Waals surface area contributed by atoms with Gasteiger partial charge in [0.25, 0.3) is 0 Å². The average Bonchev–Trinajstić information content (AvgIpc) is 2.29. The van der Waals surface area contributed by atoms with Crippen LogP contribution >= 0.6 is 0 Å². The van der Waals surface area contributed by atoms with Gasteiger partial charge in [-0.2, -0.15) is 0 Å². The molecule has 0 saturated carbocycles. The lowest BCUT2D eigenvalue weighted by molar-refractivity contribution is 0.217. The third-order valence-electron chi connectivity index (χ3n) is 0.129. The van der Waals surface area contributed by atoms with Gasteiger partial charge < -0.3 is 4.84 Å². The third kappa shape index (κ3) is 3080. The topological polar surface area (TPSA) is 21.6 Å². The van der Waals surface area contributed by atoms with E-state index in [4.69, 9.17) is 0 Å². The predicted molar refractivity (Wildman–Crippen MR) is 62.0 cm³/mol. The zero-order valence-corrected chi connectivity index (χ0v) is 10.6. The van der Waals surface area contributed by atoms with E-state index in [2.05, 4.69) is 16.7 Å². The molecule has 0 unspecified atom stereocenters. The van der Waals surface area contributed by atoms with Crippen molar-refractivity contribution in [3.8, 4) is 0 Å². The summed E-state index contributed by atoms with van der Waals surface area (Å²) in [5, 5.41) is 2.99. The molecular formula is C10H29NO. The lowest BCUT2D eigenvalue weighted by Crippen LogP contribution is -1.55. The van der Waals surface area contributed by atoms with Gasteiger partial charge in [0.15, 0.2) is 0 Å². The first-order valence-corrected chi connectivity index (χ1v) is 4.91. The van der Waals surface area contributed by atoms with Gasteiger partial charge >= 0.3 is 0 Å². The van der Waals surface area contributed by atoms with E-state index in [1.165, 1.54) is 7.11 Å². The van der Waals surface area contributed by atoms with Crippen molar-refractivity contribution in [2.24, 2.45) is 5.16 Å². The number of hydrogen-bond donors (Lipinski definition) is 0. The van der Waals surface area contributed by atoms with E-state index in [1.807, 2.05) is 55.4 Å². The Balaban J connectivity index is -0.0000000181. The van der Waals surface area contributed by atoms with Gasteiger partial charge in [0.2, 0.25) is 0 Å². The summed E-state index contributed by atoms with van der Waals surface area (Å²) in [6.45, 7) is 19.0. The molecule has 0 atom stereocenters. The Labute approximate surface area is 80.0 Å². The summed E-state index contributed by atoms with van der Waals surface area (Å²) in [6, 6.07) is 0. The summed E-state index contributed by atoms with van der Waals surface area (Å²) in [6.07, 6.45) is 0. The maximum Gasteiger partial charge on any atom is 0.106 e. The molecule has 0 rings (SSSR count). The molecular weight excluding hydrogens is 150 g/mol. The molecule has 0 aliphatic rings. The molecule has 0 amide bonds. The molecule has 0 saturated heterocycles. The van der Waals surface area contributed by atoms with E-state index in [-0.39, 0.29) is 0 Å². The lowest BCUT2D eigenvalue weighted by atomic mass is 11.0. The molecule has 0 aromatic rings. The fraction of sp³-hybridized carbons (Fsp3) is 0.900. The molecule has 0 N–H and O–H groups in total. The minimum absolute atomic E-state index is 1.45. The van der Waals surface area contributed by atoms with Crippen LogP contribution in [0.25, 0.3) is 0 Å². The van der Waals surface area contributed by atoms with Gasteiger partial charge in [0.05, 0.1) is 0 Å². The first-order valence-electron chi connectivity index (χ1n) is 4.91. The summed E-state index contributed by atoms with van der Waals surface area (Å²) in [5.41, 5.74) is 0. The molecule has 0 heterocycles. The van der Waals surface area contributed by atoms with Crippen LogP contribution in [0.2, 0.25) is 0 Å². The third-order valence-corrected chi connectivity index (χ3v) is 0.129. The second kappa shape index (κ2) is 435. The van der Waals surface area contributed by atoms with Crippen molar-refractivity contribution in [3.05, 3.63) is 0 Å². The van der Waals surface area contributed by atoms with E-state index in [0.29, 0.717) is 0 Å². The van der Waals surface area contributed by atoms with Crippen LogP contribution in [0.3, 0.4) is 0 Å². The largest absolute Gasteiger partial charge is 0.400 e. The summed E-state index contributed by atoms with van der Waals surface area (Å²) in [7, 11) is 1.45. The van der Waals surface area contributed by atoms with Gasteiger partial charge in [-0.25, -0.2) is 0 Å². The van der Waals surface area contributed by atoms with Gasteiger partial charge in [-0.3, -0.25) is 0 Å². The van der Waals surface area contributed by atoms with Crippen molar-refractivity contribution < 1.29 is 4.84 Å². The van der Waals surface area contributed by atoms with Crippen molar-refractivity contribution in [1.29, 1.82) is 0 Å². The number of rotatable bonds is 1. The number of nitrogens with zero attached hydrogens (tertiary/aromatic N) is 1. The smallest absolute Gasteiger partial charge is 0.106 e. The summed E-state index contributed by atoms with van der Waals surface area (Å²) in [4.78, 5) is 4.06. The lowest BCUT2D eigenvalue weighted by Gasteiger charge is -1.71. The van der Waals surface area contributed by atoms with Crippen molar-refractivity contribution in [2.75, 3.05) is 7.11 Å². The normalized spacial score (nSPS) is 3.75. The van der Waals surface area contributed by atoms with Crippen LogP contribution in [0.5, 0.6) is 0 Å². The minimum atomic E-state index is 1.45. The first-order chi connectivity index (χ1) is 5.91. The summed E-state index contributed by atoms with van der Waals surface area (Å²) < 4.78 is 0. The van der Waals surface area contributed by atoms with Crippen molar-refractivity contribution in [2.45, 2.75) is 55.4 Å². The summed E-state index contributed by atoms with van der Waals surface area (Å²) >= 11 is 0. The second-order valence-corrected chi connectivity index (χ2v) is 0.312. The van der Waals surface area contributed by atoms with E-state index in [1.54, 1.807) is 0 Å². The molecule has 0 aromatic heterocycles. The van der Waals surface area contributed by atoms with Crippen molar-refractivity contribution in [3.63, 3.8) is 0 Å². The van der Waals surface area contributed by atoms with Crippen LogP contribution in [0.15, 0.2) is 5.16 Å². The van der Waals surface area contributed by atoms with Crippen LogP contribution in [0.1, 0.15) is 55.4 Å². The van der Waals surface area contributed by atoms with Gasteiger partial charge in [0, 0.05) is 6.72 Å². The fourth-order valence-corrected chi connectivity index (χ4v) is 0. The highest BCUT2D eigenvalue weighted by atomic mass is 16.6. The fourth-order valence-electron chi connectivity index (χ4n) is 0. The predicted octanol–water partition coefficient (Wildman–Crippen LogP) is 4.35. The Morgan fingerprint density at radius 3 is 0.833 bits per heavy atom. The minimum Gasteiger partial charge on any atom is -0.400 e. The van der Waals surface area contributed by atoms with Gasteiger partial charge in [-0.15, -0.1) is 5.16 Å². The Kier molecular flexibility index (Phi) is 1090. The molecule has 0 fully saturated rings. The molecule has 80 valence electrons. The highest BCUT2D eigenvalue weighted by Gasteiger charge is 1.35.